The number of alkyl halides is 1. The van der Waals surface area contributed by atoms with Crippen LogP contribution < -0.4 is 26.0 Å². The van der Waals surface area contributed by atoms with Gasteiger partial charge in [-0.25, -0.2) is 9.37 Å². The second-order valence-corrected chi connectivity index (χ2v) is 14.4. The third-order valence-corrected chi connectivity index (χ3v) is 12.1. The van der Waals surface area contributed by atoms with Crippen molar-refractivity contribution in [2.45, 2.75) is 61.4 Å². The average Bonchev–Trinajstić information content (AvgIpc) is 3.69. The molecule has 0 bridgehead atoms. The van der Waals surface area contributed by atoms with Crippen LogP contribution >= 0.6 is 23.1 Å². The first kappa shape index (κ1) is 28.4. The van der Waals surface area contributed by atoms with Gasteiger partial charge in [0.2, 0.25) is 11.9 Å². The Hall–Kier alpha value is -3.41. The number of thiophene rings is 1. The lowest BCUT2D eigenvalue weighted by molar-refractivity contribution is 0.107. The van der Waals surface area contributed by atoms with Crippen LogP contribution in [0.1, 0.15) is 60.7 Å². The van der Waals surface area contributed by atoms with Crippen molar-refractivity contribution in [3.05, 3.63) is 39.9 Å². The van der Waals surface area contributed by atoms with Gasteiger partial charge in [-0.2, -0.15) is 20.2 Å². The van der Waals surface area contributed by atoms with Gasteiger partial charge in [0.25, 0.3) is 0 Å². The first-order valence-electron chi connectivity index (χ1n) is 14.7. The maximum absolute atomic E-state index is 14.4. The summed E-state index contributed by atoms with van der Waals surface area (Å²) in [4.78, 5) is 26.4. The number of nitriles is 1. The lowest BCUT2D eigenvalue weighted by atomic mass is 9.88. The maximum Gasteiger partial charge on any atom is 0.323 e. The number of aromatic nitrogens is 4. The molecule has 11 nitrogen and oxygen atoms in total. The summed E-state index contributed by atoms with van der Waals surface area (Å²) < 4.78 is 20.6. The standard InChI is InChI=1S/C29H35FN10OS2/c1-3-40(17(2)19-6-4-8-34-23(19)32)26-35-25(36-27(37-26)41-16-28-7-5-9-39(28)12-18(30)10-28)38-14-29(15-38)22-20(11-31)24(33)43-21(22)13-42-29/h4,6,8,17-18H,3,5,7,9-10,12-16,33H2,1-2H3,(H2,32,34)/t17?,18-,28+/m1/s1. The average molecular weight is 623 g/mol. The summed E-state index contributed by atoms with van der Waals surface area (Å²) in [5, 5.41) is 10.4. The van der Waals surface area contributed by atoms with Gasteiger partial charge in [0.1, 0.15) is 29.7 Å². The Bertz CT molecular complexity index is 1590. The highest BCUT2D eigenvalue weighted by molar-refractivity contribution is 8.00. The van der Waals surface area contributed by atoms with E-state index < -0.39 is 6.17 Å². The van der Waals surface area contributed by atoms with Crippen molar-refractivity contribution < 1.29 is 9.13 Å². The van der Waals surface area contributed by atoms with Crippen molar-refractivity contribution in [2.75, 3.05) is 60.6 Å². The molecule has 3 saturated heterocycles. The summed E-state index contributed by atoms with van der Waals surface area (Å²) in [6, 6.07) is 6.23. The number of anilines is 4. The molecule has 0 saturated carbocycles. The van der Waals surface area contributed by atoms with E-state index in [1.165, 1.54) is 16.2 Å². The Labute approximate surface area is 258 Å². The maximum atomic E-state index is 14.4. The minimum absolute atomic E-state index is 0.157. The number of nitrogens with zero attached hydrogens (tertiary/aromatic N) is 8. The Morgan fingerprint density at radius 1 is 1.30 bits per heavy atom. The summed E-state index contributed by atoms with van der Waals surface area (Å²) in [5.74, 6) is 2.30. The highest BCUT2D eigenvalue weighted by Gasteiger charge is 2.53. The van der Waals surface area contributed by atoms with Crippen LogP contribution in [0.2, 0.25) is 0 Å². The summed E-state index contributed by atoms with van der Waals surface area (Å²) in [6.07, 6.45) is 3.23. The monoisotopic (exact) mass is 622 g/mol. The van der Waals surface area contributed by atoms with E-state index in [4.69, 9.17) is 31.2 Å². The largest absolute Gasteiger partial charge is 0.461 e. The van der Waals surface area contributed by atoms with Crippen molar-refractivity contribution in [1.29, 1.82) is 5.26 Å². The minimum atomic E-state index is -0.842. The van der Waals surface area contributed by atoms with Crippen LogP contribution in [-0.4, -0.2) is 75.9 Å². The molecule has 43 heavy (non-hydrogen) atoms. The fourth-order valence-electron chi connectivity index (χ4n) is 7.29. The Kier molecular flexibility index (Phi) is 7.02. The number of nitrogen functional groups attached to an aromatic ring is 2. The van der Waals surface area contributed by atoms with Crippen molar-refractivity contribution in [1.82, 2.24) is 24.8 Å². The van der Waals surface area contributed by atoms with Gasteiger partial charge in [0, 0.05) is 60.6 Å². The highest BCUT2D eigenvalue weighted by Crippen LogP contribution is 2.57. The second-order valence-electron chi connectivity index (χ2n) is 11.9. The molecule has 4 aliphatic heterocycles. The zero-order valence-electron chi connectivity index (χ0n) is 24.3. The summed E-state index contributed by atoms with van der Waals surface area (Å²) >= 11 is 3.37. The van der Waals surface area contributed by atoms with Gasteiger partial charge in [0.05, 0.1) is 21.9 Å². The molecule has 14 heteroatoms. The van der Waals surface area contributed by atoms with E-state index in [1.807, 2.05) is 30.8 Å². The number of hydrogen-bond acceptors (Lipinski definition) is 13. The van der Waals surface area contributed by atoms with Gasteiger partial charge in [-0.05, 0) is 39.3 Å². The topological polar surface area (TPSA) is 146 Å². The normalized spacial score (nSPS) is 24.4. The van der Waals surface area contributed by atoms with Gasteiger partial charge < -0.3 is 26.0 Å². The fraction of sp³-hybridized carbons (Fsp3) is 0.552. The van der Waals surface area contributed by atoms with E-state index in [0.29, 0.717) is 67.5 Å². The van der Waals surface area contributed by atoms with Crippen LogP contribution in [0.15, 0.2) is 18.3 Å². The fourth-order valence-corrected chi connectivity index (χ4v) is 10.1. The molecule has 226 valence electrons. The van der Waals surface area contributed by atoms with Gasteiger partial charge in [0.15, 0.2) is 0 Å². The molecule has 3 aromatic heterocycles. The van der Waals surface area contributed by atoms with E-state index in [2.05, 4.69) is 32.7 Å². The Morgan fingerprint density at radius 3 is 2.91 bits per heavy atom. The van der Waals surface area contributed by atoms with Crippen LogP contribution in [0.25, 0.3) is 0 Å². The van der Waals surface area contributed by atoms with Crippen LogP contribution in [0.4, 0.5) is 27.1 Å². The molecule has 0 aliphatic carbocycles. The third-order valence-electron chi connectivity index (χ3n) is 9.44. The number of pyridine rings is 1. The molecule has 7 heterocycles. The van der Waals surface area contributed by atoms with E-state index in [1.54, 1.807) is 6.20 Å². The SMILES string of the molecule is CCN(c1nc(OC[C@@]23CCCN2C[C@H](F)C3)nc(N2CC3(C2)SCc2sc(N)c(C#N)c23)n1)C(C)c1cccnc1N. The number of nitrogens with two attached hydrogens (primary N) is 2. The van der Waals surface area contributed by atoms with Crippen molar-refractivity contribution in [3.63, 3.8) is 0 Å². The number of thioether (sulfide) groups is 1. The van der Waals surface area contributed by atoms with E-state index in [0.717, 1.165) is 36.3 Å². The van der Waals surface area contributed by atoms with Gasteiger partial charge in [-0.15, -0.1) is 23.1 Å². The second kappa shape index (κ2) is 10.6. The minimum Gasteiger partial charge on any atom is -0.461 e. The highest BCUT2D eigenvalue weighted by atomic mass is 32.2. The van der Waals surface area contributed by atoms with Crippen molar-refractivity contribution in [3.8, 4) is 12.1 Å². The summed E-state index contributed by atoms with van der Waals surface area (Å²) in [6.45, 7) is 7.68. The first-order valence-corrected chi connectivity index (χ1v) is 16.5. The van der Waals surface area contributed by atoms with E-state index in [9.17, 15) is 9.65 Å². The number of fused-ring (bicyclic) bond motifs is 3. The number of rotatable bonds is 8. The number of hydrogen-bond donors (Lipinski definition) is 2. The summed E-state index contributed by atoms with van der Waals surface area (Å²) in [5.41, 5.74) is 14.7. The van der Waals surface area contributed by atoms with Crippen LogP contribution in [0, 0.1) is 11.3 Å². The molecule has 4 aliphatic rings. The van der Waals surface area contributed by atoms with Crippen molar-refractivity contribution >= 4 is 45.8 Å². The Morgan fingerprint density at radius 2 is 2.14 bits per heavy atom. The molecule has 1 unspecified atom stereocenters. The van der Waals surface area contributed by atoms with Crippen molar-refractivity contribution in [2.24, 2.45) is 0 Å². The zero-order chi connectivity index (χ0) is 29.9. The molecule has 0 radical (unpaired) electrons. The Balaban J connectivity index is 1.20. The molecule has 4 N–H and O–H groups in total. The quantitative estimate of drug-likeness (QED) is 0.376. The predicted octanol–water partition coefficient (Wildman–Crippen LogP) is 3.87. The number of halogens is 1. The van der Waals surface area contributed by atoms with Gasteiger partial charge in [-0.3, -0.25) is 4.90 Å². The van der Waals surface area contributed by atoms with Gasteiger partial charge in [-0.1, -0.05) is 6.07 Å². The molecule has 7 rings (SSSR count). The lowest BCUT2D eigenvalue weighted by Crippen LogP contribution is -2.57. The first-order chi connectivity index (χ1) is 20.8. The third kappa shape index (κ3) is 4.63. The predicted molar refractivity (Wildman–Crippen MR) is 167 cm³/mol. The molecule has 3 atom stereocenters. The molecular weight excluding hydrogens is 588 g/mol. The summed E-state index contributed by atoms with van der Waals surface area (Å²) in [7, 11) is 0. The lowest BCUT2D eigenvalue weighted by Gasteiger charge is -2.47. The smallest absolute Gasteiger partial charge is 0.323 e. The van der Waals surface area contributed by atoms with E-state index >= 15 is 0 Å². The van der Waals surface area contributed by atoms with Crippen LogP contribution in [-0.2, 0) is 10.5 Å². The molecule has 0 amide bonds. The molecule has 1 spiro atoms. The number of ether oxygens (including phenoxy) is 1. The van der Waals surface area contributed by atoms with E-state index in [-0.39, 0.29) is 22.3 Å². The molecular formula is C29H35FN10OS2. The van der Waals surface area contributed by atoms with Crippen LogP contribution in [0.5, 0.6) is 6.01 Å². The molecule has 0 aromatic carbocycles. The molecule has 3 aromatic rings. The van der Waals surface area contributed by atoms with Gasteiger partial charge >= 0.3 is 6.01 Å². The van der Waals surface area contributed by atoms with Crippen LogP contribution in [0.3, 0.4) is 0 Å². The molecule has 3 fully saturated rings. The zero-order valence-corrected chi connectivity index (χ0v) is 25.9.